The third-order valence-corrected chi connectivity index (χ3v) is 2.44. The van der Waals surface area contributed by atoms with Crippen LogP contribution < -0.4 is 4.74 Å². The molecule has 118 valence electrons. The average molecular weight is 299 g/mol. The van der Waals surface area contributed by atoms with E-state index >= 15 is 0 Å². The number of ether oxygens (including phenoxy) is 5. The second kappa shape index (κ2) is 11.0. The van der Waals surface area contributed by atoms with E-state index in [0.717, 1.165) is 0 Å². The first-order valence-corrected chi connectivity index (χ1v) is 6.59. The number of hydrogen-bond donors (Lipinski definition) is 0. The lowest BCUT2D eigenvalue weighted by Crippen LogP contribution is -2.13. The fourth-order valence-electron chi connectivity index (χ4n) is 1.40. The standard InChI is InChI=1S/C14H21NO6/c1-17-5-6-19-7-8-20-9-10-21-13-11-12(3-4-15-13)14(16)18-2/h3-4,11H,5-10H2,1-2H3. The Kier molecular flexibility index (Phi) is 9.10. The molecule has 0 unspecified atom stereocenters. The summed E-state index contributed by atoms with van der Waals surface area (Å²) in [7, 11) is 2.95. The molecule has 7 nitrogen and oxygen atoms in total. The maximum absolute atomic E-state index is 11.3. The molecule has 0 N–H and O–H groups in total. The molecule has 0 spiro atoms. The van der Waals surface area contributed by atoms with Crippen LogP contribution in [-0.2, 0) is 18.9 Å². The van der Waals surface area contributed by atoms with Gasteiger partial charge < -0.3 is 23.7 Å². The molecule has 0 saturated carbocycles. The molecule has 7 heteroatoms. The molecular weight excluding hydrogens is 278 g/mol. The van der Waals surface area contributed by atoms with Crippen molar-refractivity contribution in [2.45, 2.75) is 0 Å². The van der Waals surface area contributed by atoms with Crippen molar-refractivity contribution in [2.75, 3.05) is 53.9 Å². The van der Waals surface area contributed by atoms with E-state index in [-0.39, 0.29) is 0 Å². The highest BCUT2D eigenvalue weighted by Crippen LogP contribution is 2.10. The van der Waals surface area contributed by atoms with Crippen molar-refractivity contribution < 1.29 is 28.5 Å². The van der Waals surface area contributed by atoms with Gasteiger partial charge in [0.15, 0.2) is 0 Å². The molecule has 1 aromatic heterocycles. The fourth-order valence-corrected chi connectivity index (χ4v) is 1.40. The van der Waals surface area contributed by atoms with Crippen LogP contribution in [0.1, 0.15) is 10.4 Å². The number of carbonyl (C=O) groups excluding carboxylic acids is 1. The van der Waals surface area contributed by atoms with Gasteiger partial charge in [0.05, 0.1) is 45.7 Å². The lowest BCUT2D eigenvalue weighted by molar-refractivity contribution is 0.0176. The summed E-state index contributed by atoms with van der Waals surface area (Å²) in [5, 5.41) is 0. The quantitative estimate of drug-likeness (QED) is 0.444. The van der Waals surface area contributed by atoms with Crippen LogP contribution in [-0.4, -0.2) is 64.8 Å². The SMILES string of the molecule is COCCOCCOCCOc1cc(C(=O)OC)ccn1. The lowest BCUT2D eigenvalue weighted by atomic mass is 10.3. The van der Waals surface area contributed by atoms with Gasteiger partial charge in [-0.25, -0.2) is 9.78 Å². The molecule has 1 rings (SSSR count). The Bertz CT molecular complexity index is 412. The van der Waals surface area contributed by atoms with Gasteiger partial charge in [-0.3, -0.25) is 0 Å². The van der Waals surface area contributed by atoms with Gasteiger partial charge in [-0.2, -0.15) is 0 Å². The molecule has 0 aromatic carbocycles. The van der Waals surface area contributed by atoms with Crippen LogP contribution >= 0.6 is 0 Å². The second-order valence-electron chi connectivity index (χ2n) is 3.94. The van der Waals surface area contributed by atoms with Gasteiger partial charge in [-0.05, 0) is 6.07 Å². The van der Waals surface area contributed by atoms with Crippen LogP contribution in [0.5, 0.6) is 5.88 Å². The highest BCUT2D eigenvalue weighted by molar-refractivity contribution is 5.89. The first kappa shape index (κ1) is 17.4. The van der Waals surface area contributed by atoms with E-state index in [1.807, 2.05) is 0 Å². The maximum atomic E-state index is 11.3. The number of hydrogen-bond acceptors (Lipinski definition) is 7. The Balaban J connectivity index is 2.11. The smallest absolute Gasteiger partial charge is 0.338 e. The van der Waals surface area contributed by atoms with E-state index in [1.165, 1.54) is 19.4 Å². The average Bonchev–Trinajstić information content (AvgIpc) is 2.53. The largest absolute Gasteiger partial charge is 0.475 e. The minimum atomic E-state index is -0.424. The zero-order chi connectivity index (χ0) is 15.3. The van der Waals surface area contributed by atoms with Crippen molar-refractivity contribution in [1.29, 1.82) is 0 Å². The number of aromatic nitrogens is 1. The highest BCUT2D eigenvalue weighted by Gasteiger charge is 2.06. The summed E-state index contributed by atoms with van der Waals surface area (Å²) < 4.78 is 25.4. The van der Waals surface area contributed by atoms with Gasteiger partial charge in [-0.1, -0.05) is 0 Å². The molecule has 0 fully saturated rings. The fraction of sp³-hybridized carbons (Fsp3) is 0.571. The highest BCUT2D eigenvalue weighted by atomic mass is 16.6. The first-order valence-electron chi connectivity index (χ1n) is 6.59. The summed E-state index contributed by atoms with van der Waals surface area (Å²) in [5.74, 6) is -0.0652. The van der Waals surface area contributed by atoms with Gasteiger partial charge >= 0.3 is 5.97 Å². The lowest BCUT2D eigenvalue weighted by Gasteiger charge is -2.07. The predicted molar refractivity (Wildman–Crippen MR) is 74.6 cm³/mol. The van der Waals surface area contributed by atoms with Crippen LogP contribution in [0.2, 0.25) is 0 Å². The zero-order valence-electron chi connectivity index (χ0n) is 12.4. The van der Waals surface area contributed by atoms with E-state index in [1.54, 1.807) is 13.2 Å². The van der Waals surface area contributed by atoms with Crippen LogP contribution in [0.25, 0.3) is 0 Å². The molecule has 0 aliphatic heterocycles. The number of methoxy groups -OCH3 is 2. The molecule has 0 amide bonds. The van der Waals surface area contributed by atoms with Crippen molar-refractivity contribution in [3.63, 3.8) is 0 Å². The summed E-state index contributed by atoms with van der Waals surface area (Å²) >= 11 is 0. The van der Waals surface area contributed by atoms with Gasteiger partial charge in [0.2, 0.25) is 5.88 Å². The van der Waals surface area contributed by atoms with E-state index in [2.05, 4.69) is 9.72 Å². The second-order valence-corrected chi connectivity index (χ2v) is 3.94. The minimum absolute atomic E-state index is 0.343. The number of nitrogens with zero attached hydrogens (tertiary/aromatic N) is 1. The van der Waals surface area contributed by atoms with Crippen LogP contribution in [0, 0.1) is 0 Å². The Labute approximate surface area is 124 Å². The summed E-state index contributed by atoms with van der Waals surface area (Å²) in [4.78, 5) is 15.3. The van der Waals surface area contributed by atoms with Crippen molar-refractivity contribution in [1.82, 2.24) is 4.98 Å². The summed E-state index contributed by atoms with van der Waals surface area (Å²) in [5.41, 5.74) is 0.398. The van der Waals surface area contributed by atoms with E-state index in [9.17, 15) is 4.79 Å². The van der Waals surface area contributed by atoms with Crippen LogP contribution in [0.15, 0.2) is 18.3 Å². The maximum Gasteiger partial charge on any atom is 0.338 e. The number of esters is 1. The van der Waals surface area contributed by atoms with Crippen molar-refractivity contribution in [3.05, 3.63) is 23.9 Å². The van der Waals surface area contributed by atoms with E-state index in [0.29, 0.717) is 51.1 Å². The molecule has 0 aliphatic rings. The minimum Gasteiger partial charge on any atom is -0.475 e. The molecular formula is C14H21NO6. The number of pyridine rings is 1. The molecule has 0 radical (unpaired) electrons. The molecule has 1 aromatic rings. The molecule has 1 heterocycles. The van der Waals surface area contributed by atoms with Gasteiger partial charge in [0.25, 0.3) is 0 Å². The first-order chi connectivity index (χ1) is 10.3. The van der Waals surface area contributed by atoms with E-state index < -0.39 is 5.97 Å². The number of carbonyl (C=O) groups is 1. The molecule has 0 saturated heterocycles. The summed E-state index contributed by atoms with van der Waals surface area (Å²) in [6, 6.07) is 3.09. The third kappa shape index (κ3) is 7.60. The normalized spacial score (nSPS) is 10.4. The van der Waals surface area contributed by atoms with Gasteiger partial charge in [0, 0.05) is 19.4 Å². The van der Waals surface area contributed by atoms with Crippen LogP contribution in [0.4, 0.5) is 0 Å². The van der Waals surface area contributed by atoms with E-state index in [4.69, 9.17) is 18.9 Å². The van der Waals surface area contributed by atoms with Crippen molar-refractivity contribution in [2.24, 2.45) is 0 Å². The third-order valence-electron chi connectivity index (χ3n) is 2.44. The van der Waals surface area contributed by atoms with Crippen molar-refractivity contribution >= 4 is 5.97 Å². The topological polar surface area (TPSA) is 76.1 Å². The summed E-state index contributed by atoms with van der Waals surface area (Å²) in [6.07, 6.45) is 1.49. The monoisotopic (exact) mass is 299 g/mol. The van der Waals surface area contributed by atoms with Crippen LogP contribution in [0.3, 0.4) is 0 Å². The molecule has 0 atom stereocenters. The molecule has 21 heavy (non-hydrogen) atoms. The van der Waals surface area contributed by atoms with Gasteiger partial charge in [0.1, 0.15) is 6.61 Å². The Morgan fingerprint density at radius 2 is 1.71 bits per heavy atom. The number of rotatable bonds is 11. The predicted octanol–water partition coefficient (Wildman–Crippen LogP) is 0.927. The zero-order valence-corrected chi connectivity index (χ0v) is 12.4. The molecule has 0 aliphatic carbocycles. The summed E-state index contributed by atoms with van der Waals surface area (Å²) in [6.45, 7) is 2.89. The van der Waals surface area contributed by atoms with Crippen molar-refractivity contribution in [3.8, 4) is 5.88 Å². The Morgan fingerprint density at radius 3 is 2.38 bits per heavy atom. The molecule has 0 bridgehead atoms. The Hall–Kier alpha value is -1.70. The van der Waals surface area contributed by atoms with Gasteiger partial charge in [-0.15, -0.1) is 0 Å². The Morgan fingerprint density at radius 1 is 1.05 bits per heavy atom.